The summed E-state index contributed by atoms with van der Waals surface area (Å²) < 4.78 is 9.45. The van der Waals surface area contributed by atoms with Crippen molar-refractivity contribution in [3.05, 3.63) is 0 Å². The molecule has 1 rings (SSSR count). The molecule has 0 aromatic heterocycles. The summed E-state index contributed by atoms with van der Waals surface area (Å²) in [5, 5.41) is 0. The molecule has 3 nitrogen and oxygen atoms in total. The van der Waals surface area contributed by atoms with Gasteiger partial charge in [0.2, 0.25) is 0 Å². The molecule has 0 amide bonds. The maximum atomic E-state index is 10.7. The zero-order valence-corrected chi connectivity index (χ0v) is 7.71. The van der Waals surface area contributed by atoms with Gasteiger partial charge in [-0.3, -0.25) is 0 Å². The van der Waals surface area contributed by atoms with E-state index in [0.29, 0.717) is 0 Å². The normalized spacial score (nSPS) is 29.5. The predicted octanol–water partition coefficient (Wildman–Crippen LogP) is 2.35. The van der Waals surface area contributed by atoms with E-state index in [1.165, 1.54) is 7.11 Å². The van der Waals surface area contributed by atoms with E-state index in [1.807, 2.05) is 0 Å². The van der Waals surface area contributed by atoms with E-state index in [0.717, 1.165) is 31.6 Å². The minimum atomic E-state index is -0.547. The Bertz CT molecular complexity index is 148. The first-order chi connectivity index (χ1) is 5.72. The molecule has 0 aromatic rings. The maximum Gasteiger partial charge on any atom is 0.508 e. The number of rotatable bonds is 1. The molecule has 0 spiro atoms. The summed E-state index contributed by atoms with van der Waals surface area (Å²) in [6.07, 6.45) is 3.82. The molecule has 1 aliphatic rings. The van der Waals surface area contributed by atoms with E-state index in [1.54, 1.807) is 0 Å². The Hall–Kier alpha value is -0.730. The van der Waals surface area contributed by atoms with Gasteiger partial charge in [-0.05, 0) is 31.6 Å². The van der Waals surface area contributed by atoms with Crippen LogP contribution in [0, 0.1) is 5.92 Å². The summed E-state index contributed by atoms with van der Waals surface area (Å²) in [6.45, 7) is 2.23. The molecule has 0 N–H and O–H groups in total. The molecule has 70 valence electrons. The molecule has 0 bridgehead atoms. The molecule has 0 aliphatic heterocycles. The molecule has 1 saturated carbocycles. The highest BCUT2D eigenvalue weighted by atomic mass is 16.7. The second-order valence-corrected chi connectivity index (χ2v) is 3.45. The minimum absolute atomic E-state index is 0.0913. The summed E-state index contributed by atoms with van der Waals surface area (Å²) in [7, 11) is 1.34. The van der Waals surface area contributed by atoms with E-state index in [2.05, 4.69) is 11.7 Å². The van der Waals surface area contributed by atoms with Crippen molar-refractivity contribution >= 4 is 6.16 Å². The van der Waals surface area contributed by atoms with E-state index < -0.39 is 6.16 Å². The molecular weight excluding hydrogens is 156 g/mol. The fourth-order valence-corrected chi connectivity index (χ4v) is 1.53. The Morgan fingerprint density at radius 1 is 1.25 bits per heavy atom. The smallest absolute Gasteiger partial charge is 0.438 e. The summed E-state index contributed by atoms with van der Waals surface area (Å²) in [6, 6.07) is 0. The van der Waals surface area contributed by atoms with Crippen LogP contribution in [0.25, 0.3) is 0 Å². The van der Waals surface area contributed by atoms with Crippen LogP contribution in [-0.2, 0) is 9.47 Å². The summed E-state index contributed by atoms with van der Waals surface area (Å²) in [5.41, 5.74) is 0. The molecule has 0 saturated heterocycles. The average Bonchev–Trinajstić information content (AvgIpc) is 2.09. The highest BCUT2D eigenvalue weighted by Gasteiger charge is 2.21. The van der Waals surface area contributed by atoms with Gasteiger partial charge in [-0.1, -0.05) is 6.92 Å². The van der Waals surface area contributed by atoms with Gasteiger partial charge in [0.1, 0.15) is 6.10 Å². The molecule has 12 heavy (non-hydrogen) atoms. The summed E-state index contributed by atoms with van der Waals surface area (Å²) >= 11 is 0. The van der Waals surface area contributed by atoms with Gasteiger partial charge in [-0.25, -0.2) is 4.79 Å². The number of methoxy groups -OCH3 is 1. The first kappa shape index (κ1) is 9.36. The maximum absolute atomic E-state index is 10.7. The van der Waals surface area contributed by atoms with Crippen molar-refractivity contribution in [2.24, 2.45) is 5.92 Å². The van der Waals surface area contributed by atoms with E-state index in [9.17, 15) is 4.79 Å². The van der Waals surface area contributed by atoms with Gasteiger partial charge in [-0.15, -0.1) is 0 Å². The van der Waals surface area contributed by atoms with Crippen LogP contribution in [0.1, 0.15) is 32.6 Å². The predicted molar refractivity (Wildman–Crippen MR) is 44.9 cm³/mol. The number of carbonyl (C=O) groups is 1. The van der Waals surface area contributed by atoms with Crippen LogP contribution in [0.3, 0.4) is 0 Å². The Morgan fingerprint density at radius 2 is 1.83 bits per heavy atom. The van der Waals surface area contributed by atoms with Gasteiger partial charge in [0.05, 0.1) is 7.11 Å². The molecule has 3 heteroatoms. The molecule has 0 aromatic carbocycles. The Morgan fingerprint density at radius 3 is 2.33 bits per heavy atom. The monoisotopic (exact) mass is 172 g/mol. The van der Waals surface area contributed by atoms with Crippen LogP contribution in [0.2, 0.25) is 0 Å². The number of carbonyl (C=O) groups excluding carboxylic acids is 1. The molecule has 1 aliphatic carbocycles. The van der Waals surface area contributed by atoms with Gasteiger partial charge < -0.3 is 9.47 Å². The van der Waals surface area contributed by atoms with Crippen LogP contribution in [0.5, 0.6) is 0 Å². The highest BCUT2D eigenvalue weighted by Crippen LogP contribution is 2.25. The second-order valence-electron chi connectivity index (χ2n) is 3.45. The Balaban J connectivity index is 2.21. The first-order valence-electron chi connectivity index (χ1n) is 4.47. The lowest BCUT2D eigenvalue weighted by Crippen LogP contribution is -2.23. The van der Waals surface area contributed by atoms with Crippen molar-refractivity contribution in [1.29, 1.82) is 0 Å². The molecule has 1 fully saturated rings. The van der Waals surface area contributed by atoms with E-state index >= 15 is 0 Å². The van der Waals surface area contributed by atoms with E-state index in [4.69, 9.17) is 4.74 Å². The summed E-state index contributed by atoms with van der Waals surface area (Å²) in [4.78, 5) is 10.7. The lowest BCUT2D eigenvalue weighted by atomic mass is 9.89. The third-order valence-electron chi connectivity index (χ3n) is 2.39. The second kappa shape index (κ2) is 4.33. The Labute approximate surface area is 73.0 Å². The van der Waals surface area contributed by atoms with Crippen LogP contribution >= 0.6 is 0 Å². The fourth-order valence-electron chi connectivity index (χ4n) is 1.53. The standard InChI is InChI=1S/C9H16O3/c1-7-3-5-8(6-4-7)12-9(10)11-2/h7-8H,3-6H2,1-2H3. The summed E-state index contributed by atoms with van der Waals surface area (Å²) in [5.74, 6) is 0.780. The van der Waals surface area contributed by atoms with Crippen LogP contribution in [-0.4, -0.2) is 19.4 Å². The SMILES string of the molecule is COC(=O)OC1CCC(C)CC1. The lowest BCUT2D eigenvalue weighted by molar-refractivity contribution is 0.0178. The van der Waals surface area contributed by atoms with Crippen molar-refractivity contribution in [3.63, 3.8) is 0 Å². The van der Waals surface area contributed by atoms with Crippen molar-refractivity contribution < 1.29 is 14.3 Å². The molecule has 0 atom stereocenters. The van der Waals surface area contributed by atoms with Crippen molar-refractivity contribution in [1.82, 2.24) is 0 Å². The first-order valence-corrected chi connectivity index (χ1v) is 4.47. The van der Waals surface area contributed by atoms with Gasteiger partial charge in [0.25, 0.3) is 0 Å². The van der Waals surface area contributed by atoms with Crippen molar-refractivity contribution in [2.45, 2.75) is 38.7 Å². The van der Waals surface area contributed by atoms with Gasteiger partial charge in [-0.2, -0.15) is 0 Å². The van der Waals surface area contributed by atoms with Gasteiger partial charge in [0.15, 0.2) is 0 Å². The topological polar surface area (TPSA) is 35.5 Å². The number of hydrogen-bond donors (Lipinski definition) is 0. The highest BCUT2D eigenvalue weighted by molar-refractivity contribution is 5.59. The van der Waals surface area contributed by atoms with Crippen molar-refractivity contribution in [3.8, 4) is 0 Å². The lowest BCUT2D eigenvalue weighted by Gasteiger charge is -2.25. The van der Waals surface area contributed by atoms with Crippen LogP contribution in [0.15, 0.2) is 0 Å². The molecule has 0 unspecified atom stereocenters. The number of ether oxygens (including phenoxy) is 2. The quantitative estimate of drug-likeness (QED) is 0.569. The zero-order chi connectivity index (χ0) is 8.97. The molecule has 0 radical (unpaired) electrons. The fraction of sp³-hybridized carbons (Fsp3) is 0.889. The third kappa shape index (κ3) is 2.72. The van der Waals surface area contributed by atoms with Crippen LogP contribution in [0.4, 0.5) is 4.79 Å². The van der Waals surface area contributed by atoms with E-state index in [-0.39, 0.29) is 6.10 Å². The van der Waals surface area contributed by atoms with Crippen molar-refractivity contribution in [2.75, 3.05) is 7.11 Å². The number of hydrogen-bond acceptors (Lipinski definition) is 3. The average molecular weight is 172 g/mol. The third-order valence-corrected chi connectivity index (χ3v) is 2.39. The Kier molecular flexibility index (Phi) is 3.38. The molecular formula is C9H16O3. The van der Waals surface area contributed by atoms with Crippen LogP contribution < -0.4 is 0 Å². The molecule has 0 heterocycles. The largest absolute Gasteiger partial charge is 0.508 e. The zero-order valence-electron chi connectivity index (χ0n) is 7.71. The minimum Gasteiger partial charge on any atom is -0.438 e. The van der Waals surface area contributed by atoms with Gasteiger partial charge in [0, 0.05) is 0 Å². The van der Waals surface area contributed by atoms with Gasteiger partial charge >= 0.3 is 6.16 Å².